The van der Waals surface area contributed by atoms with Crippen LogP contribution in [0, 0.1) is 12.7 Å². The smallest absolute Gasteiger partial charge is 0.335 e. The molecule has 204 valence electrons. The molecule has 0 saturated heterocycles. The van der Waals surface area contributed by atoms with Crippen molar-refractivity contribution >= 4 is 5.97 Å². The highest BCUT2D eigenvalue weighted by Crippen LogP contribution is 2.32. The average molecular weight is 522 g/mol. The standard InChI is InChI=1S/C32H40FNO4/c1-6-9-24-17-25(14-15-29(24)31(36)37)28-11-8-7-10-27(28)22(3)38-20-26(35)19-34-32(4,5)18-23-13-12-21(2)30(33)16-23/h7-8,10-17,22,26,34-35H,6,9,18-20H2,1-5H3,(H,36,37)/t22?,26-/m1/s1. The van der Waals surface area contributed by atoms with Gasteiger partial charge >= 0.3 is 5.97 Å². The van der Waals surface area contributed by atoms with E-state index in [-0.39, 0.29) is 24.1 Å². The van der Waals surface area contributed by atoms with Crippen molar-refractivity contribution in [3.8, 4) is 11.1 Å². The number of carboxylic acid groups (broad SMARTS) is 1. The highest BCUT2D eigenvalue weighted by molar-refractivity contribution is 5.90. The molecule has 1 unspecified atom stereocenters. The van der Waals surface area contributed by atoms with E-state index in [0.717, 1.165) is 34.2 Å². The summed E-state index contributed by atoms with van der Waals surface area (Å²) < 4.78 is 20.0. The lowest BCUT2D eigenvalue weighted by molar-refractivity contribution is -0.00397. The lowest BCUT2D eigenvalue weighted by Crippen LogP contribution is -2.46. The van der Waals surface area contributed by atoms with Gasteiger partial charge in [-0.2, -0.15) is 0 Å². The molecule has 0 spiro atoms. The first-order valence-corrected chi connectivity index (χ1v) is 13.3. The summed E-state index contributed by atoms with van der Waals surface area (Å²) in [5.41, 5.74) is 5.25. The second-order valence-corrected chi connectivity index (χ2v) is 10.7. The van der Waals surface area contributed by atoms with Crippen LogP contribution < -0.4 is 5.32 Å². The summed E-state index contributed by atoms with van der Waals surface area (Å²) in [6, 6.07) is 18.7. The molecule has 3 N–H and O–H groups in total. The SMILES string of the molecule is CCCc1cc(-c2ccccc2C(C)OC[C@H](O)CNC(C)(C)Cc2ccc(C)c(F)c2)ccc1C(=O)O. The van der Waals surface area contributed by atoms with Gasteiger partial charge in [0.1, 0.15) is 5.82 Å². The fourth-order valence-electron chi connectivity index (χ4n) is 4.68. The summed E-state index contributed by atoms with van der Waals surface area (Å²) in [5.74, 6) is -1.12. The van der Waals surface area contributed by atoms with Crippen molar-refractivity contribution in [1.29, 1.82) is 0 Å². The quantitative estimate of drug-likeness (QED) is 0.239. The zero-order valence-corrected chi connectivity index (χ0v) is 23.1. The number of β-amino-alcohol motifs (C(OH)–C–C–N with tert-alkyl or cyclic N) is 1. The summed E-state index contributed by atoms with van der Waals surface area (Å²) in [5, 5.41) is 23.5. The molecule has 2 atom stereocenters. The molecule has 0 saturated carbocycles. The molecule has 38 heavy (non-hydrogen) atoms. The number of aliphatic hydroxyl groups excluding tert-OH is 1. The van der Waals surface area contributed by atoms with Crippen LogP contribution in [0.2, 0.25) is 0 Å². The number of aromatic carboxylic acids is 1. The predicted octanol–water partition coefficient (Wildman–Crippen LogP) is 6.50. The number of carbonyl (C=O) groups is 1. The minimum absolute atomic E-state index is 0.150. The summed E-state index contributed by atoms with van der Waals surface area (Å²) in [6.45, 7) is 10.3. The van der Waals surface area contributed by atoms with Gasteiger partial charge in [-0.1, -0.05) is 61.9 Å². The van der Waals surface area contributed by atoms with Gasteiger partial charge < -0.3 is 20.3 Å². The van der Waals surface area contributed by atoms with E-state index in [1.807, 2.05) is 70.2 Å². The van der Waals surface area contributed by atoms with Gasteiger partial charge in [-0.3, -0.25) is 0 Å². The van der Waals surface area contributed by atoms with Crippen molar-refractivity contribution in [3.05, 3.63) is 94.3 Å². The second-order valence-electron chi connectivity index (χ2n) is 10.7. The molecule has 3 rings (SSSR count). The number of nitrogens with one attached hydrogen (secondary N) is 1. The molecule has 0 aliphatic rings. The minimum Gasteiger partial charge on any atom is -0.478 e. The van der Waals surface area contributed by atoms with Crippen LogP contribution in [0.3, 0.4) is 0 Å². The Kier molecular flexibility index (Phi) is 10.2. The predicted molar refractivity (Wildman–Crippen MR) is 150 cm³/mol. The average Bonchev–Trinajstić information content (AvgIpc) is 2.88. The highest BCUT2D eigenvalue weighted by atomic mass is 19.1. The Bertz CT molecular complexity index is 1240. The van der Waals surface area contributed by atoms with Gasteiger partial charge in [0.25, 0.3) is 0 Å². The molecule has 0 aliphatic heterocycles. The van der Waals surface area contributed by atoms with Crippen LogP contribution in [0.15, 0.2) is 60.7 Å². The normalized spacial score (nSPS) is 13.3. The maximum absolute atomic E-state index is 13.9. The van der Waals surface area contributed by atoms with Crippen LogP contribution in [0.25, 0.3) is 11.1 Å². The van der Waals surface area contributed by atoms with Gasteiger partial charge in [-0.25, -0.2) is 9.18 Å². The third-order valence-electron chi connectivity index (χ3n) is 6.80. The molecule has 3 aromatic rings. The summed E-state index contributed by atoms with van der Waals surface area (Å²) in [4.78, 5) is 11.6. The fourth-order valence-corrected chi connectivity index (χ4v) is 4.68. The summed E-state index contributed by atoms with van der Waals surface area (Å²) >= 11 is 0. The van der Waals surface area contributed by atoms with Crippen molar-refractivity contribution in [3.63, 3.8) is 0 Å². The van der Waals surface area contributed by atoms with Crippen molar-refractivity contribution < 1.29 is 24.1 Å². The van der Waals surface area contributed by atoms with E-state index in [2.05, 4.69) is 5.32 Å². The number of hydrogen-bond acceptors (Lipinski definition) is 4. The lowest BCUT2D eigenvalue weighted by atomic mass is 9.92. The van der Waals surface area contributed by atoms with E-state index in [1.54, 1.807) is 25.1 Å². The summed E-state index contributed by atoms with van der Waals surface area (Å²) in [7, 11) is 0. The minimum atomic E-state index is -0.915. The van der Waals surface area contributed by atoms with Gasteiger partial charge in [-0.05, 0) is 86.1 Å². The Morgan fingerprint density at radius 3 is 2.53 bits per heavy atom. The van der Waals surface area contributed by atoms with Crippen LogP contribution in [-0.2, 0) is 17.6 Å². The Labute approximate surface area is 225 Å². The third kappa shape index (κ3) is 7.97. The lowest BCUT2D eigenvalue weighted by Gasteiger charge is -2.28. The van der Waals surface area contributed by atoms with Crippen LogP contribution in [0.1, 0.15) is 72.8 Å². The molecule has 0 bridgehead atoms. The third-order valence-corrected chi connectivity index (χ3v) is 6.80. The molecule has 0 fully saturated rings. The van der Waals surface area contributed by atoms with Crippen molar-refractivity contribution in [2.75, 3.05) is 13.2 Å². The Hall–Kier alpha value is -3.06. The first-order valence-electron chi connectivity index (χ1n) is 13.3. The zero-order chi connectivity index (χ0) is 27.9. The van der Waals surface area contributed by atoms with E-state index in [1.165, 1.54) is 0 Å². The number of aryl methyl sites for hydroxylation is 2. The van der Waals surface area contributed by atoms with Gasteiger partial charge in [0.15, 0.2) is 0 Å². The maximum Gasteiger partial charge on any atom is 0.335 e. The Balaban J connectivity index is 1.62. The molecule has 0 amide bonds. The van der Waals surface area contributed by atoms with Crippen LogP contribution in [-0.4, -0.2) is 41.0 Å². The van der Waals surface area contributed by atoms with Crippen LogP contribution in [0.5, 0.6) is 0 Å². The molecule has 0 heterocycles. The van der Waals surface area contributed by atoms with E-state index in [0.29, 0.717) is 30.5 Å². The molecule has 6 heteroatoms. The van der Waals surface area contributed by atoms with Crippen LogP contribution >= 0.6 is 0 Å². The van der Waals surface area contributed by atoms with Crippen molar-refractivity contribution in [2.45, 2.75) is 71.6 Å². The second kappa shape index (κ2) is 13.1. The highest BCUT2D eigenvalue weighted by Gasteiger charge is 2.21. The van der Waals surface area contributed by atoms with E-state index in [4.69, 9.17) is 4.74 Å². The van der Waals surface area contributed by atoms with Crippen molar-refractivity contribution in [1.82, 2.24) is 5.32 Å². The number of halogens is 1. The molecule has 5 nitrogen and oxygen atoms in total. The summed E-state index contributed by atoms with van der Waals surface area (Å²) in [6.07, 6.45) is 1.18. The van der Waals surface area contributed by atoms with Gasteiger partial charge in [0, 0.05) is 12.1 Å². The fraction of sp³-hybridized carbons (Fsp3) is 0.406. The topological polar surface area (TPSA) is 78.8 Å². The molecule has 3 aromatic carbocycles. The number of ether oxygens (including phenoxy) is 1. The Morgan fingerprint density at radius 1 is 1.11 bits per heavy atom. The van der Waals surface area contributed by atoms with E-state index >= 15 is 0 Å². The van der Waals surface area contributed by atoms with Crippen LogP contribution in [0.4, 0.5) is 4.39 Å². The number of carboxylic acids is 1. The van der Waals surface area contributed by atoms with Crippen molar-refractivity contribution in [2.24, 2.45) is 0 Å². The number of benzene rings is 3. The van der Waals surface area contributed by atoms with Gasteiger partial charge in [0.05, 0.1) is 24.4 Å². The van der Waals surface area contributed by atoms with E-state index < -0.39 is 12.1 Å². The number of hydrogen-bond donors (Lipinski definition) is 3. The molecule has 0 radical (unpaired) electrons. The van der Waals surface area contributed by atoms with Gasteiger partial charge in [0.2, 0.25) is 0 Å². The molecular formula is C32H40FNO4. The maximum atomic E-state index is 13.9. The Morgan fingerprint density at radius 2 is 1.84 bits per heavy atom. The zero-order valence-electron chi connectivity index (χ0n) is 23.1. The van der Waals surface area contributed by atoms with E-state index in [9.17, 15) is 19.4 Å². The largest absolute Gasteiger partial charge is 0.478 e. The van der Waals surface area contributed by atoms with Gasteiger partial charge in [-0.15, -0.1) is 0 Å². The number of rotatable bonds is 13. The number of aliphatic hydroxyl groups is 1. The molecule has 0 aliphatic carbocycles. The molecular weight excluding hydrogens is 481 g/mol. The first kappa shape index (κ1) is 29.5. The molecule has 0 aromatic heterocycles. The monoisotopic (exact) mass is 521 g/mol. The first-order chi connectivity index (χ1) is 18.0.